The number of rotatable bonds is 5. The van der Waals surface area contributed by atoms with Crippen LogP contribution in [0.1, 0.15) is 10.4 Å². The molecule has 8 heteroatoms. The number of nitrogens with one attached hydrogen (secondary N) is 1. The Kier molecular flexibility index (Phi) is 5.30. The summed E-state index contributed by atoms with van der Waals surface area (Å²) in [5.41, 5.74) is 1.14. The fraction of sp³-hybridized carbons (Fsp3) is 0.118. The van der Waals surface area contributed by atoms with Crippen molar-refractivity contribution in [3.63, 3.8) is 0 Å². The molecular formula is C17H13BrN2O4S. The van der Waals surface area contributed by atoms with Crippen LogP contribution in [0.5, 0.6) is 5.75 Å². The van der Waals surface area contributed by atoms with Crippen molar-refractivity contribution in [1.82, 2.24) is 4.98 Å². The van der Waals surface area contributed by atoms with Crippen LogP contribution in [-0.4, -0.2) is 30.6 Å². The Bertz CT molecular complexity index is 924. The minimum Gasteiger partial charge on any atom is -0.484 e. The molecular weight excluding hydrogens is 408 g/mol. The number of esters is 1. The molecule has 0 aliphatic heterocycles. The number of benzene rings is 2. The number of thiazole rings is 1. The standard InChI is InChI=1S/C17H13BrN2O4S/c1-23-16(22)10-2-7-13-14(8-10)25-17(19-13)20-15(21)9-24-12-5-3-11(18)4-6-12/h2-8H,9H2,1H3,(H,19,20,21). The molecule has 0 saturated carbocycles. The average Bonchev–Trinajstić information content (AvgIpc) is 3.01. The Hall–Kier alpha value is -2.45. The predicted octanol–water partition coefficient (Wildman–Crippen LogP) is 3.86. The quantitative estimate of drug-likeness (QED) is 0.633. The van der Waals surface area contributed by atoms with Crippen molar-refractivity contribution in [2.75, 3.05) is 19.0 Å². The first-order valence-electron chi connectivity index (χ1n) is 7.22. The zero-order valence-corrected chi connectivity index (χ0v) is 15.5. The van der Waals surface area contributed by atoms with Crippen molar-refractivity contribution in [2.45, 2.75) is 0 Å². The second kappa shape index (κ2) is 7.62. The van der Waals surface area contributed by atoms with Crippen molar-refractivity contribution in [1.29, 1.82) is 0 Å². The Balaban J connectivity index is 1.64. The molecule has 1 aromatic heterocycles. The first kappa shape index (κ1) is 17.4. The molecule has 0 aliphatic carbocycles. The molecule has 0 unspecified atom stereocenters. The summed E-state index contributed by atoms with van der Waals surface area (Å²) in [6, 6.07) is 12.2. The molecule has 3 aromatic rings. The van der Waals surface area contributed by atoms with Gasteiger partial charge in [0.25, 0.3) is 5.91 Å². The molecule has 1 N–H and O–H groups in total. The normalized spacial score (nSPS) is 10.5. The van der Waals surface area contributed by atoms with Gasteiger partial charge in [0.2, 0.25) is 0 Å². The molecule has 0 bridgehead atoms. The van der Waals surface area contributed by atoms with Gasteiger partial charge >= 0.3 is 5.97 Å². The average molecular weight is 421 g/mol. The summed E-state index contributed by atoms with van der Waals surface area (Å²) in [6.45, 7) is -0.120. The van der Waals surface area contributed by atoms with Gasteiger partial charge < -0.3 is 9.47 Å². The highest BCUT2D eigenvalue weighted by Gasteiger charge is 2.11. The van der Waals surface area contributed by atoms with Crippen LogP contribution in [0, 0.1) is 0 Å². The van der Waals surface area contributed by atoms with E-state index >= 15 is 0 Å². The van der Waals surface area contributed by atoms with Crippen LogP contribution in [0.15, 0.2) is 46.9 Å². The summed E-state index contributed by atoms with van der Waals surface area (Å²) in [7, 11) is 1.33. The Morgan fingerprint density at radius 2 is 1.96 bits per heavy atom. The predicted molar refractivity (Wildman–Crippen MR) is 99.2 cm³/mol. The summed E-state index contributed by atoms with van der Waals surface area (Å²) in [6.07, 6.45) is 0. The molecule has 0 spiro atoms. The molecule has 1 heterocycles. The second-order valence-corrected chi connectivity index (χ2v) is 6.93. The fourth-order valence-electron chi connectivity index (χ4n) is 2.06. The Labute approximate surface area is 155 Å². The lowest BCUT2D eigenvalue weighted by Crippen LogP contribution is -2.19. The maximum absolute atomic E-state index is 12.0. The monoisotopic (exact) mass is 420 g/mol. The molecule has 0 atom stereocenters. The smallest absolute Gasteiger partial charge is 0.337 e. The lowest BCUT2D eigenvalue weighted by atomic mass is 10.2. The van der Waals surface area contributed by atoms with Crippen molar-refractivity contribution in [3.05, 3.63) is 52.5 Å². The second-order valence-electron chi connectivity index (χ2n) is 4.98. The summed E-state index contributed by atoms with van der Waals surface area (Å²) in [5.74, 6) is -0.121. The number of methoxy groups -OCH3 is 1. The highest BCUT2D eigenvalue weighted by Crippen LogP contribution is 2.27. The Morgan fingerprint density at radius 3 is 2.68 bits per heavy atom. The molecule has 0 radical (unpaired) electrons. The van der Waals surface area contributed by atoms with Gasteiger partial charge in [0, 0.05) is 4.47 Å². The van der Waals surface area contributed by atoms with Crippen molar-refractivity contribution >= 4 is 54.5 Å². The lowest BCUT2D eigenvalue weighted by molar-refractivity contribution is -0.118. The van der Waals surface area contributed by atoms with Crippen LogP contribution in [0.4, 0.5) is 5.13 Å². The van der Waals surface area contributed by atoms with Crippen LogP contribution < -0.4 is 10.1 Å². The number of fused-ring (bicyclic) bond motifs is 1. The van der Waals surface area contributed by atoms with Crippen LogP contribution in [-0.2, 0) is 9.53 Å². The fourth-order valence-corrected chi connectivity index (χ4v) is 3.24. The van der Waals surface area contributed by atoms with Crippen LogP contribution in [0.25, 0.3) is 10.2 Å². The zero-order valence-electron chi connectivity index (χ0n) is 13.1. The van der Waals surface area contributed by atoms with Crippen molar-refractivity contribution < 1.29 is 19.1 Å². The molecule has 6 nitrogen and oxygen atoms in total. The number of amides is 1. The first-order valence-corrected chi connectivity index (χ1v) is 8.83. The van der Waals surface area contributed by atoms with Gasteiger partial charge in [0.05, 0.1) is 22.9 Å². The van der Waals surface area contributed by atoms with Crippen LogP contribution in [0.3, 0.4) is 0 Å². The van der Waals surface area contributed by atoms with E-state index in [0.717, 1.165) is 9.17 Å². The van der Waals surface area contributed by atoms with Gasteiger partial charge in [0.1, 0.15) is 5.75 Å². The van der Waals surface area contributed by atoms with Crippen molar-refractivity contribution in [3.8, 4) is 5.75 Å². The van der Waals surface area contributed by atoms with Crippen LogP contribution >= 0.6 is 27.3 Å². The third kappa shape index (κ3) is 4.34. The maximum Gasteiger partial charge on any atom is 0.337 e. The highest BCUT2D eigenvalue weighted by molar-refractivity contribution is 9.10. The molecule has 0 aliphatic rings. The first-order chi connectivity index (χ1) is 12.0. The molecule has 25 heavy (non-hydrogen) atoms. The van der Waals surface area contributed by atoms with Gasteiger partial charge in [-0.2, -0.15) is 0 Å². The number of halogens is 1. The van der Waals surface area contributed by atoms with Gasteiger partial charge in [-0.25, -0.2) is 9.78 Å². The summed E-state index contributed by atoms with van der Waals surface area (Å²) in [4.78, 5) is 27.9. The number of hydrogen-bond donors (Lipinski definition) is 1. The van der Waals surface area contributed by atoms with E-state index in [2.05, 4.69) is 26.2 Å². The highest BCUT2D eigenvalue weighted by atomic mass is 79.9. The van der Waals surface area contributed by atoms with E-state index in [4.69, 9.17) is 9.47 Å². The van der Waals surface area contributed by atoms with Gasteiger partial charge in [-0.15, -0.1) is 0 Å². The minimum atomic E-state index is -0.413. The number of ether oxygens (including phenoxy) is 2. The van der Waals surface area contributed by atoms with E-state index < -0.39 is 5.97 Å². The Morgan fingerprint density at radius 1 is 1.20 bits per heavy atom. The largest absolute Gasteiger partial charge is 0.484 e. The molecule has 0 fully saturated rings. The minimum absolute atomic E-state index is 0.120. The number of nitrogens with zero attached hydrogens (tertiary/aromatic N) is 1. The molecule has 0 saturated heterocycles. The van der Waals surface area contributed by atoms with Crippen molar-refractivity contribution in [2.24, 2.45) is 0 Å². The SMILES string of the molecule is COC(=O)c1ccc2nc(NC(=O)COc3ccc(Br)cc3)sc2c1. The summed E-state index contributed by atoms with van der Waals surface area (Å²) >= 11 is 4.61. The van der Waals surface area contributed by atoms with E-state index in [1.54, 1.807) is 30.3 Å². The van der Waals surface area contributed by atoms with E-state index in [0.29, 0.717) is 22.0 Å². The van der Waals surface area contributed by atoms with Gasteiger partial charge in [-0.05, 0) is 42.5 Å². The molecule has 2 aromatic carbocycles. The lowest BCUT2D eigenvalue weighted by Gasteiger charge is -2.05. The number of hydrogen-bond acceptors (Lipinski definition) is 6. The maximum atomic E-state index is 12.0. The molecule has 1 amide bonds. The topological polar surface area (TPSA) is 77.5 Å². The molecule has 128 valence electrons. The van der Waals surface area contributed by atoms with Gasteiger partial charge in [-0.3, -0.25) is 10.1 Å². The van der Waals surface area contributed by atoms with E-state index in [1.807, 2.05) is 12.1 Å². The van der Waals surface area contributed by atoms with E-state index in [-0.39, 0.29) is 12.5 Å². The third-order valence-corrected chi connectivity index (χ3v) is 4.70. The summed E-state index contributed by atoms with van der Waals surface area (Å²) in [5, 5.41) is 3.14. The number of aromatic nitrogens is 1. The van der Waals surface area contributed by atoms with Gasteiger partial charge in [0.15, 0.2) is 11.7 Å². The summed E-state index contributed by atoms with van der Waals surface area (Å²) < 4.78 is 11.8. The number of carbonyl (C=O) groups is 2. The van der Waals surface area contributed by atoms with E-state index in [1.165, 1.54) is 18.4 Å². The zero-order chi connectivity index (χ0) is 17.8. The van der Waals surface area contributed by atoms with E-state index in [9.17, 15) is 9.59 Å². The molecule has 3 rings (SSSR count). The third-order valence-electron chi connectivity index (χ3n) is 3.24. The number of anilines is 1. The van der Waals surface area contributed by atoms with Crippen LogP contribution in [0.2, 0.25) is 0 Å². The van der Waals surface area contributed by atoms with Gasteiger partial charge in [-0.1, -0.05) is 27.3 Å². The number of carbonyl (C=O) groups excluding carboxylic acids is 2.